The van der Waals surface area contributed by atoms with Gasteiger partial charge in [0.2, 0.25) is 0 Å². The number of amides is 1. The molecule has 2 aliphatic rings. The number of likely N-dealkylation sites (N-methyl/N-ethyl adjacent to an activating group) is 1. The predicted octanol–water partition coefficient (Wildman–Crippen LogP) is 2.93. The third-order valence-corrected chi connectivity index (χ3v) is 7.55. The van der Waals surface area contributed by atoms with Gasteiger partial charge in [0.15, 0.2) is 4.96 Å². The maximum absolute atomic E-state index is 11.6. The number of benzene rings is 2. The van der Waals surface area contributed by atoms with Crippen molar-refractivity contribution in [2.75, 3.05) is 53.5 Å². The van der Waals surface area contributed by atoms with E-state index in [4.69, 9.17) is 4.74 Å². The van der Waals surface area contributed by atoms with Crippen molar-refractivity contribution in [2.24, 2.45) is 5.41 Å². The van der Waals surface area contributed by atoms with Gasteiger partial charge in [0, 0.05) is 61.5 Å². The summed E-state index contributed by atoms with van der Waals surface area (Å²) in [7, 11) is 3.61. The molecule has 0 saturated carbocycles. The highest BCUT2D eigenvalue weighted by molar-refractivity contribution is 7.23. The van der Waals surface area contributed by atoms with Gasteiger partial charge in [-0.1, -0.05) is 23.5 Å². The maximum Gasteiger partial charge on any atom is 0.251 e. The number of imidazole rings is 1. The van der Waals surface area contributed by atoms with Crippen LogP contribution < -0.4 is 10.6 Å². The summed E-state index contributed by atoms with van der Waals surface area (Å²) in [6.45, 7) is 6.82. The minimum Gasteiger partial charge on any atom is -0.380 e. The molecule has 2 aromatic carbocycles. The molecule has 0 unspecified atom stereocenters. The second-order valence-electron chi connectivity index (χ2n) is 9.19. The lowest BCUT2D eigenvalue weighted by molar-refractivity contribution is -0.188. The highest BCUT2D eigenvalue weighted by atomic mass is 32.1. The Balaban J connectivity index is 0.000000192. The number of hydrogen-bond donors (Lipinski definition) is 2. The average Bonchev–Trinajstić information content (AvgIpc) is 3.40. The molecule has 8 nitrogen and oxygen atoms in total. The number of ether oxygens (including phenoxy) is 1. The molecule has 2 saturated heterocycles. The van der Waals surface area contributed by atoms with Crippen molar-refractivity contribution in [1.29, 1.82) is 0 Å². The number of rotatable bonds is 6. The summed E-state index contributed by atoms with van der Waals surface area (Å²) in [4.78, 5) is 30.5. The van der Waals surface area contributed by atoms with Crippen LogP contribution in [0, 0.1) is 5.41 Å². The normalized spacial score (nSPS) is 16.4. The van der Waals surface area contributed by atoms with Crippen molar-refractivity contribution in [3.8, 4) is 11.3 Å². The molecule has 35 heavy (non-hydrogen) atoms. The second-order valence-corrected chi connectivity index (χ2v) is 10.2. The van der Waals surface area contributed by atoms with E-state index in [9.17, 15) is 9.59 Å². The van der Waals surface area contributed by atoms with E-state index in [-0.39, 0.29) is 5.91 Å². The Labute approximate surface area is 207 Å². The van der Waals surface area contributed by atoms with Crippen LogP contribution in [0.15, 0.2) is 48.7 Å². The zero-order chi connectivity index (χ0) is 24.4. The molecule has 0 aliphatic carbocycles. The van der Waals surface area contributed by atoms with E-state index in [1.165, 1.54) is 19.6 Å². The number of hydrogen-bond acceptors (Lipinski definition) is 7. The monoisotopic (exact) mass is 491 g/mol. The Morgan fingerprint density at radius 3 is 2.57 bits per heavy atom. The van der Waals surface area contributed by atoms with Gasteiger partial charge < -0.3 is 20.3 Å². The number of likely N-dealkylation sites (tertiary alicyclic amines) is 1. The summed E-state index contributed by atoms with van der Waals surface area (Å²) >= 11 is 1.55. The largest absolute Gasteiger partial charge is 0.380 e. The number of nitrogens with one attached hydrogen (secondary N) is 2. The van der Waals surface area contributed by atoms with Crippen molar-refractivity contribution in [1.82, 2.24) is 24.9 Å². The molecule has 0 atom stereocenters. The first-order valence-electron chi connectivity index (χ1n) is 11.7. The fourth-order valence-electron chi connectivity index (χ4n) is 4.57. The van der Waals surface area contributed by atoms with Gasteiger partial charge in [-0.05, 0) is 37.4 Å². The second kappa shape index (κ2) is 9.87. The molecule has 2 aromatic heterocycles. The lowest BCUT2D eigenvalue weighted by atomic mass is 9.78. The van der Waals surface area contributed by atoms with E-state index in [1.807, 2.05) is 41.9 Å². The van der Waals surface area contributed by atoms with Crippen LogP contribution in [0.25, 0.3) is 26.4 Å². The molecule has 2 fully saturated rings. The standard InChI is InChI=1S/C18H13N3O2S.C8H16N2O/c1-19-17(23)13-5-3-12(4-6-13)14-9-21-15-7-2-11(10-22)8-16(15)24-18(21)20-14;1-9-2-3-10-4-8(5-10)6-11-7-8/h2-10H,1H3,(H,19,23);9H,2-7H2,1H3. The fourth-order valence-corrected chi connectivity index (χ4v) is 5.63. The number of fused-ring (bicyclic) bond motifs is 3. The molecule has 1 amide bonds. The highest BCUT2D eigenvalue weighted by Crippen LogP contribution is 2.37. The lowest BCUT2D eigenvalue weighted by Crippen LogP contribution is -2.66. The van der Waals surface area contributed by atoms with Gasteiger partial charge in [0.25, 0.3) is 5.91 Å². The fraction of sp³-hybridized carbons (Fsp3) is 0.346. The van der Waals surface area contributed by atoms with Gasteiger partial charge in [-0.25, -0.2) is 4.98 Å². The minimum atomic E-state index is -0.107. The molecule has 1 spiro atoms. The van der Waals surface area contributed by atoms with E-state index in [0.29, 0.717) is 16.5 Å². The zero-order valence-electron chi connectivity index (χ0n) is 19.9. The number of carbonyl (C=O) groups is 2. The molecule has 2 aliphatic heterocycles. The Morgan fingerprint density at radius 1 is 1.17 bits per heavy atom. The topological polar surface area (TPSA) is 88.0 Å². The SMILES string of the molecule is CNC(=O)c1ccc(-c2cn3c(n2)sc2cc(C=O)ccc23)cc1.CNCCN1CC2(COC2)C1. The quantitative estimate of drug-likeness (QED) is 0.403. The third kappa shape index (κ3) is 4.72. The van der Waals surface area contributed by atoms with E-state index in [2.05, 4.69) is 20.5 Å². The van der Waals surface area contributed by atoms with Gasteiger partial charge in [-0.15, -0.1) is 0 Å². The first-order chi connectivity index (χ1) is 17.0. The van der Waals surface area contributed by atoms with Gasteiger partial charge in [0.1, 0.15) is 6.29 Å². The van der Waals surface area contributed by atoms with Crippen LogP contribution in [-0.2, 0) is 4.74 Å². The van der Waals surface area contributed by atoms with Crippen molar-refractivity contribution < 1.29 is 14.3 Å². The number of aromatic nitrogens is 2. The summed E-state index contributed by atoms with van der Waals surface area (Å²) in [5, 5.41) is 5.76. The summed E-state index contributed by atoms with van der Waals surface area (Å²) in [6, 6.07) is 13.0. The van der Waals surface area contributed by atoms with Gasteiger partial charge in [-0.3, -0.25) is 14.0 Å². The van der Waals surface area contributed by atoms with Crippen molar-refractivity contribution in [2.45, 2.75) is 0 Å². The number of aldehydes is 1. The van der Waals surface area contributed by atoms with Gasteiger partial charge in [0.05, 0.1) is 29.1 Å². The molecular formula is C26H29N5O3S. The van der Waals surface area contributed by atoms with Gasteiger partial charge in [-0.2, -0.15) is 0 Å². The summed E-state index contributed by atoms with van der Waals surface area (Å²) in [5.41, 5.74) is 4.71. The predicted molar refractivity (Wildman–Crippen MR) is 138 cm³/mol. The smallest absolute Gasteiger partial charge is 0.251 e. The van der Waals surface area contributed by atoms with Crippen LogP contribution >= 0.6 is 11.3 Å². The van der Waals surface area contributed by atoms with Crippen LogP contribution in [0.2, 0.25) is 0 Å². The molecule has 0 radical (unpaired) electrons. The third-order valence-electron chi connectivity index (χ3n) is 6.54. The molecule has 4 aromatic rings. The van der Waals surface area contributed by atoms with Crippen LogP contribution in [0.4, 0.5) is 0 Å². The molecule has 9 heteroatoms. The average molecular weight is 492 g/mol. The first kappa shape index (κ1) is 23.6. The van der Waals surface area contributed by atoms with Crippen molar-refractivity contribution in [3.05, 3.63) is 59.8 Å². The van der Waals surface area contributed by atoms with E-state index >= 15 is 0 Å². The lowest BCUT2D eigenvalue weighted by Gasteiger charge is -2.55. The molecule has 182 valence electrons. The minimum absolute atomic E-state index is 0.107. The number of nitrogens with zero attached hydrogens (tertiary/aromatic N) is 3. The van der Waals surface area contributed by atoms with Gasteiger partial charge >= 0.3 is 0 Å². The molecule has 6 rings (SSSR count). The van der Waals surface area contributed by atoms with Crippen molar-refractivity contribution >= 4 is 38.7 Å². The van der Waals surface area contributed by atoms with E-state index < -0.39 is 0 Å². The maximum atomic E-state index is 11.6. The van der Waals surface area contributed by atoms with Crippen LogP contribution in [0.3, 0.4) is 0 Å². The van der Waals surface area contributed by atoms with E-state index in [1.54, 1.807) is 36.6 Å². The first-order valence-corrected chi connectivity index (χ1v) is 12.5. The Morgan fingerprint density at radius 2 is 1.94 bits per heavy atom. The summed E-state index contributed by atoms with van der Waals surface area (Å²) < 4.78 is 8.25. The number of carbonyl (C=O) groups excluding carboxylic acids is 2. The Kier molecular flexibility index (Phi) is 6.66. The Hall–Kier alpha value is -3.11. The summed E-state index contributed by atoms with van der Waals surface area (Å²) in [6.07, 6.45) is 2.82. The number of thiazole rings is 1. The molecule has 0 bridgehead atoms. The molecular weight excluding hydrogens is 462 g/mol. The molecule has 2 N–H and O–H groups in total. The van der Waals surface area contributed by atoms with Crippen LogP contribution in [0.1, 0.15) is 20.7 Å². The highest BCUT2D eigenvalue weighted by Gasteiger charge is 2.48. The summed E-state index contributed by atoms with van der Waals surface area (Å²) in [5.74, 6) is -0.107. The molecule has 4 heterocycles. The zero-order valence-corrected chi connectivity index (χ0v) is 20.7. The van der Waals surface area contributed by atoms with Crippen molar-refractivity contribution in [3.63, 3.8) is 0 Å². The Bertz CT molecular complexity index is 1350. The van der Waals surface area contributed by atoms with Crippen LogP contribution in [0.5, 0.6) is 0 Å². The van der Waals surface area contributed by atoms with E-state index in [0.717, 1.165) is 52.5 Å². The van der Waals surface area contributed by atoms with Crippen LogP contribution in [-0.4, -0.2) is 80.0 Å².